The second kappa shape index (κ2) is 4.60. The number of halogens is 1. The van der Waals surface area contributed by atoms with Gasteiger partial charge in [0.25, 0.3) is 0 Å². The highest BCUT2D eigenvalue weighted by Crippen LogP contribution is 2.06. The third-order valence-corrected chi connectivity index (χ3v) is 2.29. The first kappa shape index (κ1) is 10.5. The molecule has 0 aliphatic carbocycles. The SMILES string of the molecule is CC(C)NC(=N)c1ccc(I)cc1. The maximum atomic E-state index is 7.72. The predicted molar refractivity (Wildman–Crippen MR) is 64.3 cm³/mol. The van der Waals surface area contributed by atoms with Crippen LogP contribution < -0.4 is 5.32 Å². The first-order valence-electron chi connectivity index (χ1n) is 4.20. The molecule has 70 valence electrons. The van der Waals surface area contributed by atoms with Crippen LogP contribution in [0.5, 0.6) is 0 Å². The highest BCUT2D eigenvalue weighted by molar-refractivity contribution is 14.1. The maximum Gasteiger partial charge on any atom is 0.125 e. The lowest BCUT2D eigenvalue weighted by molar-refractivity contribution is 0.731. The molecule has 0 aromatic heterocycles. The van der Waals surface area contributed by atoms with Crippen molar-refractivity contribution in [3.63, 3.8) is 0 Å². The summed E-state index contributed by atoms with van der Waals surface area (Å²) in [6, 6.07) is 8.24. The van der Waals surface area contributed by atoms with Crippen LogP contribution in [0.25, 0.3) is 0 Å². The molecule has 2 nitrogen and oxygen atoms in total. The van der Waals surface area contributed by atoms with E-state index in [1.807, 2.05) is 38.1 Å². The number of benzene rings is 1. The molecule has 0 unspecified atom stereocenters. The average Bonchev–Trinajstić information content (AvgIpc) is 2.04. The summed E-state index contributed by atoms with van der Waals surface area (Å²) in [7, 11) is 0. The fraction of sp³-hybridized carbons (Fsp3) is 0.300. The van der Waals surface area contributed by atoms with Crippen molar-refractivity contribution in [2.45, 2.75) is 19.9 Å². The summed E-state index contributed by atoms with van der Waals surface area (Å²) in [5, 5.41) is 10.8. The van der Waals surface area contributed by atoms with Crippen LogP contribution in [0.4, 0.5) is 0 Å². The molecule has 0 atom stereocenters. The molecule has 0 heterocycles. The molecule has 1 aromatic rings. The molecule has 0 saturated carbocycles. The van der Waals surface area contributed by atoms with Crippen molar-refractivity contribution < 1.29 is 0 Å². The first-order chi connectivity index (χ1) is 6.09. The minimum atomic E-state index is 0.312. The zero-order valence-electron chi connectivity index (χ0n) is 7.76. The summed E-state index contributed by atoms with van der Waals surface area (Å²) >= 11 is 2.25. The van der Waals surface area contributed by atoms with Gasteiger partial charge in [-0.1, -0.05) is 12.1 Å². The molecule has 1 aromatic carbocycles. The van der Waals surface area contributed by atoms with Gasteiger partial charge < -0.3 is 5.32 Å². The Hall–Kier alpha value is -0.580. The molecule has 0 aliphatic heterocycles. The van der Waals surface area contributed by atoms with E-state index in [1.54, 1.807) is 0 Å². The maximum absolute atomic E-state index is 7.72. The third-order valence-electron chi connectivity index (χ3n) is 1.57. The average molecular weight is 288 g/mol. The second-order valence-corrected chi connectivity index (χ2v) is 4.43. The zero-order valence-corrected chi connectivity index (χ0v) is 9.92. The van der Waals surface area contributed by atoms with E-state index in [2.05, 4.69) is 27.9 Å². The molecule has 2 N–H and O–H groups in total. The number of hydrogen-bond donors (Lipinski definition) is 2. The smallest absolute Gasteiger partial charge is 0.125 e. The van der Waals surface area contributed by atoms with E-state index in [9.17, 15) is 0 Å². The van der Waals surface area contributed by atoms with Gasteiger partial charge >= 0.3 is 0 Å². The van der Waals surface area contributed by atoms with Crippen molar-refractivity contribution in [2.24, 2.45) is 0 Å². The lowest BCUT2D eigenvalue weighted by atomic mass is 10.2. The number of hydrogen-bond acceptors (Lipinski definition) is 1. The van der Waals surface area contributed by atoms with E-state index in [0.29, 0.717) is 11.9 Å². The summed E-state index contributed by atoms with van der Waals surface area (Å²) in [4.78, 5) is 0. The lowest BCUT2D eigenvalue weighted by Gasteiger charge is -2.10. The zero-order chi connectivity index (χ0) is 9.84. The molecule has 3 heteroatoms. The monoisotopic (exact) mass is 288 g/mol. The number of rotatable bonds is 2. The topological polar surface area (TPSA) is 35.9 Å². The minimum Gasteiger partial charge on any atom is -0.368 e. The fourth-order valence-corrected chi connectivity index (χ4v) is 1.35. The van der Waals surface area contributed by atoms with Crippen LogP contribution in [0, 0.1) is 8.98 Å². The first-order valence-corrected chi connectivity index (χ1v) is 5.28. The molecule has 0 radical (unpaired) electrons. The van der Waals surface area contributed by atoms with Gasteiger partial charge in [-0.15, -0.1) is 0 Å². The Morgan fingerprint density at radius 3 is 2.31 bits per heavy atom. The molecule has 0 amide bonds. The van der Waals surface area contributed by atoms with Gasteiger partial charge in [0.2, 0.25) is 0 Å². The van der Waals surface area contributed by atoms with E-state index >= 15 is 0 Å². The molecular weight excluding hydrogens is 275 g/mol. The number of nitrogens with one attached hydrogen (secondary N) is 2. The van der Waals surface area contributed by atoms with Crippen molar-refractivity contribution in [1.82, 2.24) is 5.32 Å². The molecule has 0 saturated heterocycles. The van der Waals surface area contributed by atoms with Crippen LogP contribution in [-0.2, 0) is 0 Å². The summed E-state index contributed by atoms with van der Waals surface area (Å²) in [6.07, 6.45) is 0. The van der Waals surface area contributed by atoms with E-state index < -0.39 is 0 Å². The van der Waals surface area contributed by atoms with Crippen molar-refractivity contribution in [3.8, 4) is 0 Å². The Bertz CT molecular complexity index is 290. The Morgan fingerprint density at radius 1 is 1.31 bits per heavy atom. The van der Waals surface area contributed by atoms with Gasteiger partial charge in [0.05, 0.1) is 0 Å². The summed E-state index contributed by atoms with van der Waals surface area (Å²) < 4.78 is 1.19. The van der Waals surface area contributed by atoms with Crippen molar-refractivity contribution in [2.75, 3.05) is 0 Å². The normalized spacial score (nSPS) is 10.2. The van der Waals surface area contributed by atoms with E-state index in [4.69, 9.17) is 5.41 Å². The quantitative estimate of drug-likeness (QED) is 0.490. The largest absolute Gasteiger partial charge is 0.368 e. The highest BCUT2D eigenvalue weighted by atomic mass is 127. The Labute approximate surface area is 92.4 Å². The van der Waals surface area contributed by atoms with Gasteiger partial charge in [-0.25, -0.2) is 0 Å². The lowest BCUT2D eigenvalue weighted by Crippen LogP contribution is -2.30. The van der Waals surface area contributed by atoms with E-state index in [1.165, 1.54) is 3.57 Å². The van der Waals surface area contributed by atoms with Crippen molar-refractivity contribution >= 4 is 28.4 Å². The van der Waals surface area contributed by atoms with Gasteiger partial charge in [-0.3, -0.25) is 5.41 Å². The molecule has 0 aliphatic rings. The van der Waals surface area contributed by atoms with Gasteiger partial charge in [-0.05, 0) is 48.6 Å². The van der Waals surface area contributed by atoms with Crippen LogP contribution >= 0.6 is 22.6 Å². The molecule has 0 spiro atoms. The van der Waals surface area contributed by atoms with E-state index in [0.717, 1.165) is 5.56 Å². The van der Waals surface area contributed by atoms with E-state index in [-0.39, 0.29) is 0 Å². The predicted octanol–water partition coefficient (Wildman–Crippen LogP) is 2.61. The van der Waals surface area contributed by atoms with Crippen LogP contribution in [0.1, 0.15) is 19.4 Å². The minimum absolute atomic E-state index is 0.312. The van der Waals surface area contributed by atoms with Gasteiger partial charge in [0.1, 0.15) is 5.84 Å². The van der Waals surface area contributed by atoms with Crippen molar-refractivity contribution in [3.05, 3.63) is 33.4 Å². The standard InChI is InChI=1S/C10H13IN2/c1-7(2)13-10(12)8-3-5-9(11)6-4-8/h3-7H,1-2H3,(H2,12,13). The summed E-state index contributed by atoms with van der Waals surface area (Å²) in [5.74, 6) is 0.492. The molecule has 0 fully saturated rings. The Balaban J connectivity index is 2.72. The Kier molecular flexibility index (Phi) is 3.71. The third kappa shape index (κ3) is 3.34. The fourth-order valence-electron chi connectivity index (χ4n) is 0.989. The highest BCUT2D eigenvalue weighted by Gasteiger charge is 2.01. The molecule has 13 heavy (non-hydrogen) atoms. The van der Waals surface area contributed by atoms with Gasteiger partial charge in [0.15, 0.2) is 0 Å². The summed E-state index contributed by atoms with van der Waals surface area (Å²) in [6.45, 7) is 4.06. The van der Waals surface area contributed by atoms with Crippen LogP contribution in [0.3, 0.4) is 0 Å². The van der Waals surface area contributed by atoms with Crippen molar-refractivity contribution in [1.29, 1.82) is 5.41 Å². The molecular formula is C10H13IN2. The van der Waals surface area contributed by atoms with Crippen LogP contribution in [-0.4, -0.2) is 11.9 Å². The molecule has 0 bridgehead atoms. The Morgan fingerprint density at radius 2 is 1.85 bits per heavy atom. The second-order valence-electron chi connectivity index (χ2n) is 3.18. The van der Waals surface area contributed by atoms with Crippen LogP contribution in [0.2, 0.25) is 0 Å². The molecule has 1 rings (SSSR count). The summed E-state index contributed by atoms with van der Waals surface area (Å²) in [5.41, 5.74) is 0.939. The van der Waals surface area contributed by atoms with Crippen LogP contribution in [0.15, 0.2) is 24.3 Å². The number of amidine groups is 1. The van der Waals surface area contributed by atoms with Gasteiger partial charge in [-0.2, -0.15) is 0 Å². The van der Waals surface area contributed by atoms with Gasteiger partial charge in [0, 0.05) is 15.2 Å².